The molecule has 4 rings (SSSR count). The average molecular weight is 914 g/mol. The molecule has 0 aromatic carbocycles. The van der Waals surface area contributed by atoms with Crippen molar-refractivity contribution in [1.29, 1.82) is 0 Å². The molecular formula is C51H79NO13. The molecule has 15 atom stereocenters. The highest BCUT2D eigenvalue weighted by Gasteiger charge is 2.53. The average Bonchev–Trinajstić information content (AvgIpc) is 3.28. The van der Waals surface area contributed by atoms with Crippen LogP contribution in [0.4, 0.5) is 0 Å². The zero-order valence-electron chi connectivity index (χ0n) is 40.6. The highest BCUT2D eigenvalue weighted by atomic mass is 16.6. The molecule has 3 fully saturated rings. The molecule has 2 bridgehead atoms. The molecule has 14 nitrogen and oxygen atoms in total. The second-order valence-corrected chi connectivity index (χ2v) is 19.6. The van der Waals surface area contributed by atoms with Crippen LogP contribution in [0.15, 0.2) is 47.6 Å². The van der Waals surface area contributed by atoms with Gasteiger partial charge in [-0.2, -0.15) is 0 Å². The maximum atomic E-state index is 14.4. The molecule has 3 heterocycles. The lowest BCUT2D eigenvalue weighted by atomic mass is 9.78. The molecule has 2 saturated heterocycles. The second kappa shape index (κ2) is 25.1. The Labute approximate surface area is 387 Å². The number of piperidine rings is 1. The Morgan fingerprint density at radius 3 is 2.25 bits per heavy atom. The van der Waals surface area contributed by atoms with Gasteiger partial charge in [0.1, 0.15) is 30.1 Å². The third-order valence-corrected chi connectivity index (χ3v) is 14.5. The van der Waals surface area contributed by atoms with Gasteiger partial charge in [0, 0.05) is 58.5 Å². The monoisotopic (exact) mass is 914 g/mol. The van der Waals surface area contributed by atoms with Crippen LogP contribution in [0.3, 0.4) is 0 Å². The summed E-state index contributed by atoms with van der Waals surface area (Å²) >= 11 is 0. The number of cyclic esters (lactones) is 1. The maximum absolute atomic E-state index is 14.4. The first kappa shape index (κ1) is 54.2. The van der Waals surface area contributed by atoms with Crippen molar-refractivity contribution in [3.8, 4) is 0 Å². The van der Waals surface area contributed by atoms with Crippen LogP contribution in [0, 0.1) is 35.5 Å². The van der Waals surface area contributed by atoms with Gasteiger partial charge in [-0.05, 0) is 107 Å². The SMILES string of the molecule is COC1C(=O)[C@H](C)C[C@H](C)/C=C/C=C/C=C(\C)[C@H](OC)C[C@@H]2CC[C@@H](C)[C@@](O)(O2)C(=O)C(=O)N2CCCC[C@H]2C(=O)O[C@H]([C@H](C)C[C@@H]2CCC(O)[C@H](OC)C2)CC(=O)[C@H](C)/C=C(\C)[C@H]1O. The van der Waals surface area contributed by atoms with E-state index in [0.717, 1.165) is 12.0 Å². The van der Waals surface area contributed by atoms with E-state index in [0.29, 0.717) is 63.4 Å². The Kier molecular flexibility index (Phi) is 21.0. The lowest BCUT2D eigenvalue weighted by Crippen LogP contribution is -2.61. The smallest absolute Gasteiger partial charge is 0.329 e. The minimum atomic E-state index is -2.43. The fraction of sp³-hybridized carbons (Fsp3) is 0.745. The van der Waals surface area contributed by atoms with E-state index in [-0.39, 0.29) is 54.8 Å². The molecule has 1 amide bonds. The van der Waals surface area contributed by atoms with Gasteiger partial charge in [0.2, 0.25) is 5.79 Å². The Hall–Kier alpha value is -3.37. The number of carbonyl (C=O) groups excluding carboxylic acids is 5. The van der Waals surface area contributed by atoms with E-state index in [1.54, 1.807) is 41.1 Å². The van der Waals surface area contributed by atoms with Gasteiger partial charge < -0.3 is 43.9 Å². The highest BCUT2D eigenvalue weighted by molar-refractivity contribution is 6.39. The van der Waals surface area contributed by atoms with Gasteiger partial charge in [-0.25, -0.2) is 4.79 Å². The molecule has 3 aliphatic heterocycles. The van der Waals surface area contributed by atoms with Crippen LogP contribution >= 0.6 is 0 Å². The van der Waals surface area contributed by atoms with Crippen LogP contribution in [0.2, 0.25) is 0 Å². The molecule has 4 aliphatic rings. The molecule has 0 aromatic rings. The van der Waals surface area contributed by atoms with E-state index in [9.17, 15) is 39.3 Å². The first-order valence-corrected chi connectivity index (χ1v) is 23.9. The molecular weight excluding hydrogens is 835 g/mol. The summed E-state index contributed by atoms with van der Waals surface area (Å²) in [4.78, 5) is 71.8. The molecule has 1 saturated carbocycles. The van der Waals surface area contributed by atoms with Crippen molar-refractivity contribution in [2.75, 3.05) is 27.9 Å². The fourth-order valence-corrected chi connectivity index (χ4v) is 10.1. The zero-order chi connectivity index (χ0) is 48.2. The standard InChI is InChI=1S/C51H79NO13/c1-30-16-12-11-13-17-31(2)42(61-8)28-38-21-19-36(7)51(60,65-38)48(57)49(58)52-23-15-14-18-39(52)50(59)64-43(33(4)26-37-20-22-40(53)44(27-37)62-9)29-41(54)32(3)25-35(6)46(56)47(63-10)45(55)34(5)24-30/h11-13,16-17,25,30,32-34,36-40,42-44,46-47,53,56,60H,14-15,18-24,26-29H2,1-10H3/b13-11+,16-12+,31-17+,35-25+/t30-,32-,33-,34-,36-,37+,38+,39+,40?,42-,43+,44-,46-,47?,51-/m1/s1. The number of esters is 1. The third-order valence-electron chi connectivity index (χ3n) is 14.5. The first-order valence-electron chi connectivity index (χ1n) is 23.9. The van der Waals surface area contributed by atoms with E-state index in [1.807, 2.05) is 58.1 Å². The van der Waals surface area contributed by atoms with Gasteiger partial charge in [-0.3, -0.25) is 19.2 Å². The second-order valence-electron chi connectivity index (χ2n) is 19.6. The number of hydrogen-bond donors (Lipinski definition) is 3. The Bertz CT molecular complexity index is 1760. The number of rotatable bonds is 6. The van der Waals surface area contributed by atoms with Gasteiger partial charge >= 0.3 is 5.97 Å². The van der Waals surface area contributed by atoms with E-state index in [2.05, 4.69) is 0 Å². The number of aliphatic hydroxyl groups excluding tert-OH is 2. The Morgan fingerprint density at radius 2 is 1.57 bits per heavy atom. The van der Waals surface area contributed by atoms with Crippen molar-refractivity contribution in [2.24, 2.45) is 35.5 Å². The van der Waals surface area contributed by atoms with Gasteiger partial charge in [0.15, 0.2) is 5.78 Å². The number of Topliss-reactive ketones (excluding diaryl/α,β-unsaturated/α-hetero) is 3. The van der Waals surface area contributed by atoms with Gasteiger partial charge in [0.25, 0.3) is 11.7 Å². The predicted molar refractivity (Wildman–Crippen MR) is 245 cm³/mol. The van der Waals surface area contributed by atoms with Crippen molar-refractivity contribution < 1.29 is 63.0 Å². The number of methoxy groups -OCH3 is 3. The van der Waals surface area contributed by atoms with Crippen LogP contribution in [0.5, 0.6) is 0 Å². The summed E-state index contributed by atoms with van der Waals surface area (Å²) in [6.07, 6.45) is 11.2. The largest absolute Gasteiger partial charge is 0.460 e. The molecule has 2 unspecified atom stereocenters. The lowest BCUT2D eigenvalue weighted by Gasteiger charge is -2.42. The predicted octanol–water partition coefficient (Wildman–Crippen LogP) is 6.18. The molecule has 3 N–H and O–H groups in total. The summed E-state index contributed by atoms with van der Waals surface area (Å²) in [5.74, 6) is -7.96. The van der Waals surface area contributed by atoms with Crippen molar-refractivity contribution in [2.45, 2.75) is 180 Å². The van der Waals surface area contributed by atoms with Crippen LogP contribution in [-0.4, -0.2) is 132 Å². The molecule has 0 aromatic heterocycles. The van der Waals surface area contributed by atoms with Crippen molar-refractivity contribution in [1.82, 2.24) is 4.90 Å². The van der Waals surface area contributed by atoms with Crippen LogP contribution < -0.4 is 0 Å². The number of allylic oxidation sites excluding steroid dienone is 6. The van der Waals surface area contributed by atoms with E-state index in [1.165, 1.54) is 12.0 Å². The molecule has 0 spiro atoms. The first-order chi connectivity index (χ1) is 30.7. The summed E-state index contributed by atoms with van der Waals surface area (Å²) in [5, 5.41) is 33.8. The van der Waals surface area contributed by atoms with Crippen molar-refractivity contribution in [3.63, 3.8) is 0 Å². The number of carbonyl (C=O) groups is 5. The van der Waals surface area contributed by atoms with Gasteiger partial charge in [-0.15, -0.1) is 0 Å². The van der Waals surface area contributed by atoms with Crippen molar-refractivity contribution >= 4 is 29.2 Å². The van der Waals surface area contributed by atoms with Crippen LogP contribution in [-0.2, 0) is 47.7 Å². The summed E-state index contributed by atoms with van der Waals surface area (Å²) in [5.41, 5.74) is 1.27. The van der Waals surface area contributed by atoms with Crippen LogP contribution in [0.1, 0.15) is 126 Å². The quantitative estimate of drug-likeness (QED) is 0.156. The zero-order valence-corrected chi connectivity index (χ0v) is 40.6. The molecule has 0 radical (unpaired) electrons. The van der Waals surface area contributed by atoms with E-state index in [4.69, 9.17) is 23.7 Å². The molecule has 65 heavy (non-hydrogen) atoms. The number of hydrogen-bond acceptors (Lipinski definition) is 13. The minimum absolute atomic E-state index is 0.0193. The summed E-state index contributed by atoms with van der Waals surface area (Å²) in [6.45, 7) is 12.7. The summed E-state index contributed by atoms with van der Waals surface area (Å²) in [6, 6.07) is -1.14. The normalized spacial score (nSPS) is 40.4. The number of aliphatic hydroxyl groups is 3. The maximum Gasteiger partial charge on any atom is 0.329 e. The summed E-state index contributed by atoms with van der Waals surface area (Å²) in [7, 11) is 4.52. The van der Waals surface area contributed by atoms with Crippen LogP contribution in [0.25, 0.3) is 0 Å². The number of amides is 1. The molecule has 366 valence electrons. The topological polar surface area (TPSA) is 195 Å². The number of ether oxygens (including phenoxy) is 5. The molecule has 1 aliphatic carbocycles. The fourth-order valence-electron chi connectivity index (χ4n) is 10.1. The minimum Gasteiger partial charge on any atom is -0.460 e. The van der Waals surface area contributed by atoms with Gasteiger partial charge in [0.05, 0.1) is 24.4 Å². The number of ketones is 3. The Morgan fingerprint density at radius 1 is 0.846 bits per heavy atom. The van der Waals surface area contributed by atoms with E-state index >= 15 is 0 Å². The van der Waals surface area contributed by atoms with Gasteiger partial charge in [-0.1, -0.05) is 71.1 Å². The number of fused-ring (bicyclic) bond motifs is 3. The van der Waals surface area contributed by atoms with E-state index < -0.39 is 83.9 Å². The third kappa shape index (κ3) is 14.3. The van der Waals surface area contributed by atoms with Crippen molar-refractivity contribution in [3.05, 3.63) is 47.6 Å². The highest BCUT2D eigenvalue weighted by Crippen LogP contribution is 2.38. The Balaban J connectivity index is 1.70. The summed E-state index contributed by atoms with van der Waals surface area (Å²) < 4.78 is 29.4. The number of nitrogens with zero attached hydrogens (tertiary/aromatic N) is 1. The lowest BCUT2D eigenvalue weighted by molar-refractivity contribution is -0.265. The molecule has 14 heteroatoms.